The lowest BCUT2D eigenvalue weighted by atomic mass is 10.1. The molecule has 42 heteroatoms. The SMILES string of the molecule is O=S(=O)(O)c1cc(Nc2nc(Cl)nc(Nc3ccc(Nc4nc(O)nc(Nc5cccc6cc(S(=O)(=O)O)c(N=Nc7ccc8c(S(=O)(=O)O)cccc8c7S(=O)(=O)O)c(O)c56)n4)cc3)n2)c2c(O)c(N=Nc3ccc4c(S(=O)(=O)O)cccc4c3S(=O)(=O)O)ccc2c1. The van der Waals surface area contributed by atoms with Gasteiger partial charge >= 0.3 is 6.01 Å². The number of azo groups is 2. The lowest BCUT2D eigenvalue weighted by molar-refractivity contribution is 0.430. The summed E-state index contributed by atoms with van der Waals surface area (Å²) in [7, 11) is -30.6. The predicted octanol–water partition coefficient (Wildman–Crippen LogP) is 9.72. The van der Waals surface area contributed by atoms with Crippen molar-refractivity contribution >= 4 is 185 Å². The molecule has 0 aliphatic carbocycles. The molecule has 0 radical (unpaired) electrons. The first kappa shape index (κ1) is 65.1. The summed E-state index contributed by atoms with van der Waals surface area (Å²) in [5.41, 5.74) is -2.48. The normalized spacial score (nSPS) is 12.8. The minimum atomic E-state index is -5.31. The summed E-state index contributed by atoms with van der Waals surface area (Å²) in [6.45, 7) is 0. The highest BCUT2D eigenvalue weighted by atomic mass is 35.5. The van der Waals surface area contributed by atoms with E-state index in [1.165, 1.54) is 48.5 Å². The Hall–Kier alpha value is -10.4. The first-order valence-electron chi connectivity index (χ1n) is 25.4. The third-order valence-corrected chi connectivity index (χ3v) is 18.9. The number of hydrogen-bond donors (Lipinski definition) is 13. The summed E-state index contributed by atoms with van der Waals surface area (Å²) in [6.07, 6.45) is 0. The molecule has 13 N–H and O–H groups in total. The van der Waals surface area contributed by atoms with E-state index in [-0.39, 0.29) is 78.3 Å². The Kier molecular flexibility index (Phi) is 16.6. The van der Waals surface area contributed by atoms with Crippen LogP contribution in [0.3, 0.4) is 0 Å². The van der Waals surface area contributed by atoms with E-state index in [1.807, 2.05) is 0 Å². The number of aromatic nitrogens is 6. The molecule has 482 valence electrons. The second-order valence-corrected chi connectivity index (χ2v) is 28.0. The number of fused-ring (bicyclic) bond motifs is 4. The van der Waals surface area contributed by atoms with Crippen LogP contribution in [0.2, 0.25) is 5.28 Å². The standard InChI is InChI=1S/C52H35ClN14O21S6/c53-47-58-48(60-50(59-47)57-36-22-27(89(71,72)73)20-24-10-17-33(43(68)41(24)36)64-65-34-18-15-28-30(45(34)93(83,84)85)5-2-8-37(28)90(74,75)76)54-25-11-13-26(14-12-25)55-49-61-51(63-52(70)62-49)56-32-7-1-4-23-21-39(92(80,81)82)42(44(69)40(23)32)67-66-35-19-16-29-31(46(35)94(86,87)88)6-3-9-38(29)91(77,78)79/h1-22,68-69H,(H,71,72,73)(H,74,75,76)(H,77,78,79)(H,80,81,82)(H,83,84,85)(H,86,87,88)(H2,54,57,58,59,60)(H3,55,56,61,62,63,70). The zero-order valence-electron chi connectivity index (χ0n) is 45.9. The molecule has 0 unspecified atom stereocenters. The molecular weight excluding hydrogens is 1380 g/mol. The van der Waals surface area contributed by atoms with Crippen LogP contribution in [0.15, 0.2) is 183 Å². The monoisotopic (exact) mass is 1420 g/mol. The van der Waals surface area contributed by atoms with E-state index in [0.29, 0.717) is 0 Å². The molecule has 0 spiro atoms. The van der Waals surface area contributed by atoms with Crippen LogP contribution in [0, 0.1) is 0 Å². The minimum absolute atomic E-state index is 0.0444. The van der Waals surface area contributed by atoms with Gasteiger partial charge in [0, 0.05) is 43.7 Å². The van der Waals surface area contributed by atoms with Gasteiger partial charge < -0.3 is 36.6 Å². The number of benzene rings is 9. The molecule has 94 heavy (non-hydrogen) atoms. The highest BCUT2D eigenvalue weighted by molar-refractivity contribution is 7.87. The molecule has 35 nitrogen and oxygen atoms in total. The molecule has 0 saturated carbocycles. The maximum absolute atomic E-state index is 12.7. The van der Waals surface area contributed by atoms with Crippen molar-refractivity contribution in [2.24, 2.45) is 20.5 Å². The molecule has 2 heterocycles. The third kappa shape index (κ3) is 13.4. The van der Waals surface area contributed by atoms with Crippen LogP contribution in [-0.2, 0) is 60.7 Å². The molecule has 11 aromatic rings. The van der Waals surface area contributed by atoms with Gasteiger partial charge in [-0.25, -0.2) is 0 Å². The van der Waals surface area contributed by atoms with Crippen molar-refractivity contribution < 1.29 is 93.1 Å². The van der Waals surface area contributed by atoms with E-state index in [4.69, 9.17) is 11.6 Å². The van der Waals surface area contributed by atoms with E-state index < -0.39 is 147 Å². The number of aromatic hydroxyl groups is 3. The fraction of sp³-hybridized carbons (Fsp3) is 0. The van der Waals surface area contributed by atoms with Crippen molar-refractivity contribution in [1.29, 1.82) is 0 Å². The number of anilines is 8. The average Bonchev–Trinajstić information content (AvgIpc) is 0.773. The summed E-state index contributed by atoms with van der Waals surface area (Å²) >= 11 is 6.30. The number of nitrogens with one attached hydrogen (secondary N) is 4. The maximum Gasteiger partial charge on any atom is 0.320 e. The molecule has 0 aliphatic rings. The van der Waals surface area contributed by atoms with Crippen LogP contribution in [-0.4, -0.2) is 123 Å². The number of hydrogen-bond acceptors (Lipinski definition) is 29. The van der Waals surface area contributed by atoms with Crippen molar-refractivity contribution in [2.75, 3.05) is 21.3 Å². The van der Waals surface area contributed by atoms with Crippen molar-refractivity contribution in [1.82, 2.24) is 29.9 Å². The fourth-order valence-corrected chi connectivity index (χ4v) is 14.0. The molecule has 0 bridgehead atoms. The second kappa shape index (κ2) is 23.9. The summed E-state index contributed by atoms with van der Waals surface area (Å²) in [5, 5.41) is 58.0. The molecule has 0 aliphatic heterocycles. The minimum Gasteiger partial charge on any atom is -0.505 e. The number of halogens is 1. The van der Waals surface area contributed by atoms with Gasteiger partial charge in [-0.3, -0.25) is 27.3 Å². The van der Waals surface area contributed by atoms with E-state index in [1.54, 1.807) is 0 Å². The number of rotatable bonds is 18. The molecule has 9 aromatic carbocycles. The Bertz CT molecular complexity index is 5890. The highest BCUT2D eigenvalue weighted by Crippen LogP contribution is 2.47. The first-order chi connectivity index (χ1) is 44.0. The van der Waals surface area contributed by atoms with E-state index in [2.05, 4.69) is 71.6 Å². The fourth-order valence-electron chi connectivity index (χ4n) is 9.55. The first-order valence-corrected chi connectivity index (χ1v) is 34.4. The van der Waals surface area contributed by atoms with Crippen LogP contribution in [0.25, 0.3) is 43.1 Å². The maximum atomic E-state index is 12.7. The highest BCUT2D eigenvalue weighted by Gasteiger charge is 2.29. The lowest BCUT2D eigenvalue weighted by Gasteiger charge is -2.14. The summed E-state index contributed by atoms with van der Waals surface area (Å²) in [5.74, 6) is -3.03. The molecule has 0 atom stereocenters. The largest absolute Gasteiger partial charge is 0.505 e. The van der Waals surface area contributed by atoms with Crippen LogP contribution < -0.4 is 21.3 Å². The summed E-state index contributed by atoms with van der Waals surface area (Å²) < 4.78 is 210. The van der Waals surface area contributed by atoms with Crippen molar-refractivity contribution in [3.8, 4) is 17.5 Å². The van der Waals surface area contributed by atoms with E-state index >= 15 is 0 Å². The van der Waals surface area contributed by atoms with Gasteiger partial charge in [0.1, 0.15) is 47.2 Å². The van der Waals surface area contributed by atoms with E-state index in [9.17, 15) is 93.1 Å². The van der Waals surface area contributed by atoms with Crippen molar-refractivity contribution in [3.05, 3.63) is 139 Å². The Balaban J connectivity index is 0.848. The number of phenolic OH excluding ortho intramolecular Hbond substituents is 2. The van der Waals surface area contributed by atoms with Crippen molar-refractivity contribution in [3.63, 3.8) is 0 Å². The quantitative estimate of drug-likeness (QED) is 0.0280. The van der Waals surface area contributed by atoms with Crippen LogP contribution in [0.1, 0.15) is 0 Å². The molecule has 0 amide bonds. The average molecular weight is 1420 g/mol. The molecule has 0 saturated heterocycles. The third-order valence-electron chi connectivity index (χ3n) is 13.3. The number of nitrogens with zero attached hydrogens (tertiary/aromatic N) is 10. The van der Waals surface area contributed by atoms with Gasteiger partial charge in [0.2, 0.25) is 29.1 Å². The molecular formula is C52H35ClN14O21S6. The Morgan fingerprint density at radius 2 is 0.798 bits per heavy atom. The van der Waals surface area contributed by atoms with Gasteiger partial charge in [-0.05, 0) is 101 Å². The summed E-state index contributed by atoms with van der Waals surface area (Å²) in [4.78, 5) is 19.3. The Morgan fingerprint density at radius 3 is 1.31 bits per heavy atom. The Morgan fingerprint density at radius 1 is 0.362 bits per heavy atom. The number of phenols is 2. The van der Waals surface area contributed by atoms with Crippen molar-refractivity contribution in [2.45, 2.75) is 29.4 Å². The van der Waals surface area contributed by atoms with Gasteiger partial charge in [-0.15, -0.1) is 20.5 Å². The van der Waals surface area contributed by atoms with Crippen LogP contribution in [0.5, 0.6) is 17.5 Å². The predicted molar refractivity (Wildman–Crippen MR) is 332 cm³/mol. The van der Waals surface area contributed by atoms with Gasteiger partial charge in [-0.1, -0.05) is 54.6 Å². The molecule has 0 fully saturated rings. The second-order valence-electron chi connectivity index (χ2n) is 19.4. The van der Waals surface area contributed by atoms with Gasteiger partial charge in [-0.2, -0.15) is 80.4 Å². The van der Waals surface area contributed by atoms with Gasteiger partial charge in [0.05, 0.1) is 16.3 Å². The molecule has 2 aromatic heterocycles. The van der Waals surface area contributed by atoms with E-state index in [0.717, 1.165) is 84.9 Å². The molecule has 11 rings (SSSR count). The summed E-state index contributed by atoms with van der Waals surface area (Å²) in [6, 6.07) is 24.4. The van der Waals surface area contributed by atoms with Gasteiger partial charge in [0.25, 0.3) is 60.7 Å². The topological polar surface area (TPSA) is 562 Å². The lowest BCUT2D eigenvalue weighted by Crippen LogP contribution is -2.06. The Labute approximate surface area is 531 Å². The zero-order valence-corrected chi connectivity index (χ0v) is 51.6. The van der Waals surface area contributed by atoms with Crippen LogP contribution >= 0.6 is 11.6 Å². The van der Waals surface area contributed by atoms with Gasteiger partial charge in [0.15, 0.2) is 11.5 Å². The van der Waals surface area contributed by atoms with Crippen LogP contribution in [0.4, 0.5) is 69.3 Å². The zero-order chi connectivity index (χ0) is 67.8. The smallest absolute Gasteiger partial charge is 0.320 e.